The Balaban J connectivity index is 2.01. The van der Waals surface area contributed by atoms with Crippen molar-refractivity contribution in [1.82, 2.24) is 0 Å². The van der Waals surface area contributed by atoms with Gasteiger partial charge in [0.1, 0.15) is 17.1 Å². The minimum atomic E-state index is -0.787. The van der Waals surface area contributed by atoms with Crippen LogP contribution in [-0.4, -0.2) is 30.9 Å². The molecule has 0 aliphatic carbocycles. The van der Waals surface area contributed by atoms with Crippen LogP contribution < -0.4 is 10.5 Å². The standard InChI is InChI=1S/C17H14FNO5/c18-12-7-5-11(6-8-12)14(20)9-24-17(22)13-3-1-2-4-15(13)23-10-16(19)21/h1-8H,9-10H2,(H2,19,21). The lowest BCUT2D eigenvalue weighted by molar-refractivity contribution is -0.119. The molecule has 0 unspecified atom stereocenters. The fourth-order valence-corrected chi connectivity index (χ4v) is 1.84. The third-order valence-electron chi connectivity index (χ3n) is 2.98. The lowest BCUT2D eigenvalue weighted by atomic mass is 10.1. The van der Waals surface area contributed by atoms with Crippen molar-refractivity contribution in [3.63, 3.8) is 0 Å². The van der Waals surface area contributed by atoms with E-state index in [1.165, 1.54) is 24.3 Å². The van der Waals surface area contributed by atoms with Gasteiger partial charge in [-0.1, -0.05) is 12.1 Å². The molecule has 0 heterocycles. The van der Waals surface area contributed by atoms with Gasteiger partial charge in [0.25, 0.3) is 5.91 Å². The van der Waals surface area contributed by atoms with Crippen LogP contribution in [0.2, 0.25) is 0 Å². The van der Waals surface area contributed by atoms with E-state index in [-0.39, 0.29) is 16.9 Å². The van der Waals surface area contributed by atoms with E-state index in [0.717, 1.165) is 12.1 Å². The number of rotatable bonds is 7. The molecule has 1 amide bonds. The van der Waals surface area contributed by atoms with Crippen LogP contribution in [0.4, 0.5) is 4.39 Å². The highest BCUT2D eigenvalue weighted by Crippen LogP contribution is 2.19. The Labute approximate surface area is 137 Å². The molecule has 0 aliphatic rings. The van der Waals surface area contributed by atoms with Crippen LogP contribution in [0.25, 0.3) is 0 Å². The number of ketones is 1. The lowest BCUT2D eigenvalue weighted by Crippen LogP contribution is -2.21. The third kappa shape index (κ3) is 4.64. The molecule has 2 rings (SSSR count). The molecule has 0 aromatic heterocycles. The molecule has 0 saturated carbocycles. The Morgan fingerprint density at radius 2 is 1.62 bits per heavy atom. The Kier molecular flexibility index (Phi) is 5.62. The Morgan fingerprint density at radius 3 is 2.29 bits per heavy atom. The van der Waals surface area contributed by atoms with Crippen LogP contribution in [0.1, 0.15) is 20.7 Å². The molecule has 7 heteroatoms. The Bertz CT molecular complexity index is 758. The molecule has 0 spiro atoms. The summed E-state index contributed by atoms with van der Waals surface area (Å²) in [6.07, 6.45) is 0. The van der Waals surface area contributed by atoms with Crippen LogP contribution in [-0.2, 0) is 9.53 Å². The van der Waals surface area contributed by atoms with Crippen molar-refractivity contribution in [2.75, 3.05) is 13.2 Å². The van der Waals surface area contributed by atoms with E-state index in [1.54, 1.807) is 12.1 Å². The first-order chi connectivity index (χ1) is 11.5. The molecule has 0 fully saturated rings. The highest BCUT2D eigenvalue weighted by molar-refractivity contribution is 6.00. The summed E-state index contributed by atoms with van der Waals surface area (Å²) in [5, 5.41) is 0. The van der Waals surface area contributed by atoms with Crippen LogP contribution in [0, 0.1) is 5.82 Å². The van der Waals surface area contributed by atoms with Gasteiger partial charge in [-0.3, -0.25) is 9.59 Å². The van der Waals surface area contributed by atoms with E-state index < -0.39 is 36.7 Å². The average Bonchev–Trinajstić information content (AvgIpc) is 2.58. The largest absolute Gasteiger partial charge is 0.483 e. The quantitative estimate of drug-likeness (QED) is 0.616. The number of hydrogen-bond donors (Lipinski definition) is 1. The maximum absolute atomic E-state index is 12.8. The van der Waals surface area contributed by atoms with Crippen molar-refractivity contribution in [3.05, 3.63) is 65.5 Å². The number of amides is 1. The van der Waals surface area contributed by atoms with Crippen LogP contribution >= 0.6 is 0 Å². The zero-order valence-electron chi connectivity index (χ0n) is 12.5. The molecule has 0 saturated heterocycles. The number of nitrogens with two attached hydrogens (primary N) is 1. The second-order valence-corrected chi connectivity index (χ2v) is 4.76. The zero-order valence-corrected chi connectivity index (χ0v) is 12.5. The fourth-order valence-electron chi connectivity index (χ4n) is 1.84. The van der Waals surface area contributed by atoms with Crippen molar-refractivity contribution in [2.24, 2.45) is 5.73 Å². The summed E-state index contributed by atoms with van der Waals surface area (Å²) >= 11 is 0. The molecule has 24 heavy (non-hydrogen) atoms. The third-order valence-corrected chi connectivity index (χ3v) is 2.98. The highest BCUT2D eigenvalue weighted by atomic mass is 19.1. The van der Waals surface area contributed by atoms with E-state index in [4.69, 9.17) is 15.2 Å². The summed E-state index contributed by atoms with van der Waals surface area (Å²) in [6.45, 7) is -0.895. The van der Waals surface area contributed by atoms with Gasteiger partial charge in [0, 0.05) is 5.56 Å². The highest BCUT2D eigenvalue weighted by Gasteiger charge is 2.16. The van der Waals surface area contributed by atoms with Gasteiger partial charge in [-0.2, -0.15) is 0 Å². The predicted molar refractivity (Wildman–Crippen MR) is 82.1 cm³/mol. The smallest absolute Gasteiger partial charge is 0.342 e. The Morgan fingerprint density at radius 1 is 0.958 bits per heavy atom. The number of para-hydroxylation sites is 1. The summed E-state index contributed by atoms with van der Waals surface area (Å²) in [5.74, 6) is -2.30. The first-order valence-electron chi connectivity index (χ1n) is 6.93. The van der Waals surface area contributed by atoms with Gasteiger partial charge in [-0.25, -0.2) is 9.18 Å². The summed E-state index contributed by atoms with van der Waals surface area (Å²) in [4.78, 5) is 34.7. The number of carbonyl (C=O) groups excluding carboxylic acids is 3. The van der Waals surface area contributed by atoms with Crippen molar-refractivity contribution in [2.45, 2.75) is 0 Å². The summed E-state index contributed by atoms with van der Waals surface area (Å²) in [7, 11) is 0. The van der Waals surface area contributed by atoms with Crippen LogP contribution in [0.3, 0.4) is 0 Å². The van der Waals surface area contributed by atoms with Crippen molar-refractivity contribution in [1.29, 1.82) is 0 Å². The molecule has 0 atom stereocenters. The summed E-state index contributed by atoms with van der Waals surface area (Å²) in [6, 6.07) is 11.0. The second-order valence-electron chi connectivity index (χ2n) is 4.76. The van der Waals surface area contributed by atoms with Gasteiger partial charge in [-0.05, 0) is 36.4 Å². The second kappa shape index (κ2) is 7.87. The topological polar surface area (TPSA) is 95.7 Å². The maximum atomic E-state index is 12.8. The normalized spacial score (nSPS) is 10.0. The average molecular weight is 331 g/mol. The van der Waals surface area contributed by atoms with Gasteiger partial charge >= 0.3 is 5.97 Å². The van der Waals surface area contributed by atoms with E-state index in [2.05, 4.69) is 0 Å². The monoisotopic (exact) mass is 331 g/mol. The summed E-state index contributed by atoms with van der Waals surface area (Å²) < 4.78 is 22.9. The molecular formula is C17H14FNO5. The first kappa shape index (κ1) is 17.1. The minimum Gasteiger partial charge on any atom is -0.483 e. The van der Waals surface area contributed by atoms with Gasteiger partial charge in [0.15, 0.2) is 19.0 Å². The SMILES string of the molecule is NC(=O)COc1ccccc1C(=O)OCC(=O)c1ccc(F)cc1. The van der Waals surface area contributed by atoms with Gasteiger partial charge in [-0.15, -0.1) is 0 Å². The van der Waals surface area contributed by atoms with Gasteiger partial charge in [0.2, 0.25) is 0 Å². The fraction of sp³-hybridized carbons (Fsp3) is 0.118. The number of benzene rings is 2. The number of primary amides is 1. The van der Waals surface area contributed by atoms with Gasteiger partial charge < -0.3 is 15.2 Å². The zero-order chi connectivity index (χ0) is 17.5. The van der Waals surface area contributed by atoms with Gasteiger partial charge in [0.05, 0.1) is 0 Å². The molecule has 2 N–H and O–H groups in total. The van der Waals surface area contributed by atoms with Crippen molar-refractivity contribution in [3.8, 4) is 5.75 Å². The number of ether oxygens (including phenoxy) is 2. The van der Waals surface area contributed by atoms with E-state index in [9.17, 15) is 18.8 Å². The molecule has 2 aromatic carbocycles. The van der Waals surface area contributed by atoms with Crippen molar-refractivity contribution >= 4 is 17.7 Å². The number of Topliss-reactive ketones (excluding diaryl/α,β-unsaturated/α-hetero) is 1. The molecule has 0 bridgehead atoms. The van der Waals surface area contributed by atoms with E-state index >= 15 is 0 Å². The molecule has 0 aliphatic heterocycles. The molecule has 124 valence electrons. The van der Waals surface area contributed by atoms with E-state index in [1.807, 2.05) is 0 Å². The maximum Gasteiger partial charge on any atom is 0.342 e. The molecular weight excluding hydrogens is 317 g/mol. The molecule has 2 aromatic rings. The van der Waals surface area contributed by atoms with Crippen molar-refractivity contribution < 1.29 is 28.2 Å². The predicted octanol–water partition coefficient (Wildman–Crippen LogP) is 1.73. The molecule has 0 radical (unpaired) electrons. The van der Waals surface area contributed by atoms with E-state index in [0.29, 0.717) is 0 Å². The number of carbonyl (C=O) groups is 3. The number of esters is 1. The Hall–Kier alpha value is -3.22. The lowest BCUT2D eigenvalue weighted by Gasteiger charge is -2.10. The minimum absolute atomic E-state index is 0.0608. The van der Waals surface area contributed by atoms with Crippen LogP contribution in [0.15, 0.2) is 48.5 Å². The molecule has 6 nitrogen and oxygen atoms in total. The first-order valence-corrected chi connectivity index (χ1v) is 6.93. The summed E-state index contributed by atoms with van der Waals surface area (Å²) in [5.41, 5.74) is 5.27. The number of halogens is 1. The van der Waals surface area contributed by atoms with Crippen LogP contribution in [0.5, 0.6) is 5.75 Å². The number of hydrogen-bond acceptors (Lipinski definition) is 5.